The first-order valence-corrected chi connectivity index (χ1v) is 7.39. The zero-order valence-corrected chi connectivity index (χ0v) is 12.1. The van der Waals surface area contributed by atoms with Crippen LogP contribution in [-0.4, -0.2) is 34.3 Å². The highest BCUT2D eigenvalue weighted by atomic mass is 32.1. The summed E-state index contributed by atoms with van der Waals surface area (Å²) in [6.07, 6.45) is 2.83. The van der Waals surface area contributed by atoms with Crippen LogP contribution in [0.5, 0.6) is 0 Å². The molecule has 6 heteroatoms. The van der Waals surface area contributed by atoms with Crippen LogP contribution in [0.2, 0.25) is 0 Å². The number of carbonyl (C=O) groups excluding carboxylic acids is 2. The van der Waals surface area contributed by atoms with Crippen LogP contribution in [0.4, 0.5) is 0 Å². The van der Waals surface area contributed by atoms with Gasteiger partial charge in [-0.1, -0.05) is 13.8 Å². The number of amides is 2. The molecule has 0 radical (unpaired) electrons. The molecule has 2 amide bonds. The molecule has 1 fully saturated rings. The molecule has 1 aliphatic rings. The first-order chi connectivity index (χ1) is 9.06. The van der Waals surface area contributed by atoms with Crippen molar-refractivity contribution < 1.29 is 9.59 Å². The summed E-state index contributed by atoms with van der Waals surface area (Å²) in [4.78, 5) is 30.9. The molecule has 19 heavy (non-hydrogen) atoms. The molecule has 5 nitrogen and oxygen atoms in total. The number of thiazole rings is 1. The van der Waals surface area contributed by atoms with Crippen LogP contribution in [0, 0.1) is 5.92 Å². The number of nitrogens with one attached hydrogen (secondary N) is 1. The second-order valence-corrected chi connectivity index (χ2v) is 6.20. The summed E-state index contributed by atoms with van der Waals surface area (Å²) in [6, 6.07) is -0.386. The van der Waals surface area contributed by atoms with Crippen LogP contribution < -0.4 is 5.32 Å². The fraction of sp³-hybridized carbons (Fsp3) is 0.615. The van der Waals surface area contributed by atoms with E-state index in [0.29, 0.717) is 31.8 Å². The van der Waals surface area contributed by atoms with Gasteiger partial charge >= 0.3 is 0 Å². The molecule has 0 aliphatic carbocycles. The molecule has 1 aliphatic heterocycles. The van der Waals surface area contributed by atoms with Gasteiger partial charge in [-0.05, 0) is 12.3 Å². The smallest absolute Gasteiger partial charge is 0.245 e. The maximum absolute atomic E-state index is 12.4. The van der Waals surface area contributed by atoms with Gasteiger partial charge in [0.25, 0.3) is 0 Å². The standard InChI is InChI=1S/C13H19N3O2S/c1-9(2)5-11-13(18)16(4-3-12(17)15-11)7-10-6-14-8-19-10/h6,8-9,11H,3-5,7H2,1-2H3,(H,15,17). The van der Waals surface area contributed by atoms with Crippen molar-refractivity contribution in [3.8, 4) is 0 Å². The monoisotopic (exact) mass is 281 g/mol. The molecule has 1 aromatic rings. The Labute approximate surface area is 117 Å². The highest BCUT2D eigenvalue weighted by Crippen LogP contribution is 2.16. The van der Waals surface area contributed by atoms with Crippen molar-refractivity contribution in [1.29, 1.82) is 0 Å². The second-order valence-electron chi connectivity index (χ2n) is 5.23. The van der Waals surface area contributed by atoms with Crippen LogP contribution in [0.15, 0.2) is 11.7 Å². The first-order valence-electron chi connectivity index (χ1n) is 6.51. The molecule has 1 saturated heterocycles. The van der Waals surface area contributed by atoms with Gasteiger partial charge in [0.2, 0.25) is 11.8 Å². The zero-order chi connectivity index (χ0) is 13.8. The lowest BCUT2D eigenvalue weighted by Crippen LogP contribution is -2.45. The SMILES string of the molecule is CC(C)CC1NC(=O)CCN(Cc2cncs2)C1=O. The lowest BCUT2D eigenvalue weighted by Gasteiger charge is -2.24. The van der Waals surface area contributed by atoms with Crippen molar-refractivity contribution in [2.24, 2.45) is 5.92 Å². The predicted molar refractivity (Wildman–Crippen MR) is 73.5 cm³/mol. The minimum atomic E-state index is -0.386. The molecule has 1 aromatic heterocycles. The molecular formula is C13H19N3O2S. The van der Waals surface area contributed by atoms with Gasteiger partial charge in [0.1, 0.15) is 6.04 Å². The van der Waals surface area contributed by atoms with Crippen LogP contribution in [0.1, 0.15) is 31.6 Å². The maximum atomic E-state index is 12.4. The summed E-state index contributed by atoms with van der Waals surface area (Å²) in [5.41, 5.74) is 1.76. The van der Waals surface area contributed by atoms with E-state index in [1.165, 1.54) is 11.3 Å². The predicted octanol–water partition coefficient (Wildman–Crippen LogP) is 1.41. The summed E-state index contributed by atoms with van der Waals surface area (Å²) < 4.78 is 0. The van der Waals surface area contributed by atoms with Crippen molar-refractivity contribution in [3.05, 3.63) is 16.6 Å². The first kappa shape index (κ1) is 14.0. The third-order valence-electron chi connectivity index (χ3n) is 3.09. The van der Waals surface area contributed by atoms with E-state index in [0.717, 1.165) is 4.88 Å². The number of hydrogen-bond acceptors (Lipinski definition) is 4. The van der Waals surface area contributed by atoms with Gasteiger partial charge in [0.15, 0.2) is 0 Å². The Balaban J connectivity index is 2.09. The second kappa shape index (κ2) is 6.14. The number of hydrogen-bond donors (Lipinski definition) is 1. The van der Waals surface area contributed by atoms with Gasteiger partial charge in [-0.2, -0.15) is 0 Å². The Kier molecular flexibility index (Phi) is 4.52. The van der Waals surface area contributed by atoms with Crippen LogP contribution >= 0.6 is 11.3 Å². The van der Waals surface area contributed by atoms with Crippen molar-refractivity contribution in [2.75, 3.05) is 6.54 Å². The number of carbonyl (C=O) groups is 2. The number of nitrogens with zero attached hydrogens (tertiary/aromatic N) is 2. The van der Waals surface area contributed by atoms with Gasteiger partial charge in [-0.25, -0.2) is 0 Å². The topological polar surface area (TPSA) is 62.3 Å². The minimum absolute atomic E-state index is 0.0213. The molecule has 1 atom stereocenters. The number of rotatable bonds is 4. The van der Waals surface area contributed by atoms with E-state index in [4.69, 9.17) is 0 Å². The largest absolute Gasteiger partial charge is 0.344 e. The van der Waals surface area contributed by atoms with Crippen molar-refractivity contribution in [3.63, 3.8) is 0 Å². The van der Waals surface area contributed by atoms with E-state index in [9.17, 15) is 9.59 Å². The molecule has 2 heterocycles. The fourth-order valence-electron chi connectivity index (χ4n) is 2.19. The highest BCUT2D eigenvalue weighted by molar-refractivity contribution is 7.09. The lowest BCUT2D eigenvalue weighted by molar-refractivity contribution is -0.134. The van der Waals surface area contributed by atoms with Gasteiger partial charge in [-0.3, -0.25) is 14.6 Å². The average molecular weight is 281 g/mol. The third-order valence-corrected chi connectivity index (χ3v) is 3.86. The van der Waals surface area contributed by atoms with E-state index in [-0.39, 0.29) is 17.9 Å². The molecule has 0 spiro atoms. The van der Waals surface area contributed by atoms with E-state index >= 15 is 0 Å². The minimum Gasteiger partial charge on any atom is -0.344 e. The van der Waals surface area contributed by atoms with Crippen LogP contribution in [0.25, 0.3) is 0 Å². The highest BCUT2D eigenvalue weighted by Gasteiger charge is 2.30. The Morgan fingerprint density at radius 1 is 1.53 bits per heavy atom. The molecule has 0 saturated carbocycles. The number of aromatic nitrogens is 1. The van der Waals surface area contributed by atoms with Crippen molar-refractivity contribution in [2.45, 2.75) is 39.3 Å². The molecule has 1 N–H and O–H groups in total. The van der Waals surface area contributed by atoms with Gasteiger partial charge in [-0.15, -0.1) is 11.3 Å². The van der Waals surface area contributed by atoms with E-state index < -0.39 is 0 Å². The maximum Gasteiger partial charge on any atom is 0.245 e. The Morgan fingerprint density at radius 3 is 2.95 bits per heavy atom. The van der Waals surface area contributed by atoms with Crippen LogP contribution in [0.3, 0.4) is 0 Å². The van der Waals surface area contributed by atoms with Gasteiger partial charge < -0.3 is 10.2 Å². The summed E-state index contributed by atoms with van der Waals surface area (Å²) in [7, 11) is 0. The molecular weight excluding hydrogens is 262 g/mol. The molecule has 0 aromatic carbocycles. The average Bonchev–Trinajstić information content (AvgIpc) is 2.80. The molecule has 0 bridgehead atoms. The Hall–Kier alpha value is -1.43. The quantitative estimate of drug-likeness (QED) is 0.907. The van der Waals surface area contributed by atoms with Gasteiger partial charge in [0.05, 0.1) is 12.1 Å². The summed E-state index contributed by atoms with van der Waals surface area (Å²) in [5.74, 6) is 0.358. The van der Waals surface area contributed by atoms with Gasteiger partial charge in [0, 0.05) is 24.0 Å². The molecule has 1 unspecified atom stereocenters. The fourth-order valence-corrected chi connectivity index (χ4v) is 2.80. The summed E-state index contributed by atoms with van der Waals surface area (Å²) in [6.45, 7) is 5.14. The lowest BCUT2D eigenvalue weighted by atomic mass is 10.0. The van der Waals surface area contributed by atoms with E-state index in [1.54, 1.807) is 16.6 Å². The zero-order valence-electron chi connectivity index (χ0n) is 11.3. The molecule has 2 rings (SSSR count). The van der Waals surface area contributed by atoms with Crippen molar-refractivity contribution in [1.82, 2.24) is 15.2 Å². The third kappa shape index (κ3) is 3.76. The van der Waals surface area contributed by atoms with Crippen LogP contribution in [-0.2, 0) is 16.1 Å². The van der Waals surface area contributed by atoms with E-state index in [2.05, 4.69) is 24.1 Å². The van der Waals surface area contributed by atoms with E-state index in [1.807, 2.05) is 0 Å². The Morgan fingerprint density at radius 2 is 2.32 bits per heavy atom. The summed E-state index contributed by atoms with van der Waals surface area (Å²) >= 11 is 1.53. The molecule has 104 valence electrons. The normalized spacial score (nSPS) is 20.6. The van der Waals surface area contributed by atoms with Crippen molar-refractivity contribution >= 4 is 23.2 Å². The summed E-state index contributed by atoms with van der Waals surface area (Å²) in [5, 5.41) is 2.83. The Bertz CT molecular complexity index is 445.